The van der Waals surface area contributed by atoms with Gasteiger partial charge >= 0.3 is 0 Å². The fraction of sp³-hybridized carbons (Fsp3) is 0.600. The Hall–Kier alpha value is -1.42. The molecule has 2 aromatic rings. The smallest absolute Gasteiger partial charge is 0.157 e. The molecule has 19 heavy (non-hydrogen) atoms. The third-order valence-corrected chi connectivity index (χ3v) is 4.46. The first-order valence-electron chi connectivity index (χ1n) is 7.12. The second-order valence-corrected chi connectivity index (χ2v) is 5.88. The summed E-state index contributed by atoms with van der Waals surface area (Å²) in [4.78, 5) is 4.51. The highest BCUT2D eigenvalue weighted by Crippen LogP contribution is 2.47. The van der Waals surface area contributed by atoms with Crippen LogP contribution in [0.5, 0.6) is 0 Å². The van der Waals surface area contributed by atoms with Gasteiger partial charge in [0.1, 0.15) is 0 Å². The topological polar surface area (TPSA) is 42.7 Å². The number of nitrogens with one attached hydrogen (secondary N) is 1. The van der Waals surface area contributed by atoms with Crippen molar-refractivity contribution >= 4 is 11.0 Å². The van der Waals surface area contributed by atoms with Gasteiger partial charge in [0.05, 0.1) is 5.69 Å². The van der Waals surface area contributed by atoms with Crippen LogP contribution in [0.15, 0.2) is 12.3 Å². The zero-order chi connectivity index (χ0) is 13.5. The van der Waals surface area contributed by atoms with Gasteiger partial charge in [-0.25, -0.2) is 4.98 Å². The van der Waals surface area contributed by atoms with Crippen LogP contribution < -0.4 is 5.32 Å². The van der Waals surface area contributed by atoms with Gasteiger partial charge in [-0.15, -0.1) is 0 Å². The Labute approximate surface area is 114 Å². The molecular weight excluding hydrogens is 236 g/mol. The maximum absolute atomic E-state index is 4.51. The van der Waals surface area contributed by atoms with E-state index in [1.54, 1.807) is 0 Å². The minimum atomic E-state index is 0.599. The zero-order valence-electron chi connectivity index (χ0n) is 12.0. The molecule has 4 heteroatoms. The number of hydrogen-bond acceptors (Lipinski definition) is 3. The van der Waals surface area contributed by atoms with Crippen LogP contribution in [0, 0.1) is 12.3 Å². The molecule has 2 heterocycles. The van der Waals surface area contributed by atoms with E-state index in [0.717, 1.165) is 24.4 Å². The van der Waals surface area contributed by atoms with E-state index >= 15 is 0 Å². The molecule has 0 unspecified atom stereocenters. The molecule has 0 saturated heterocycles. The average Bonchev–Trinajstić information content (AvgIpc) is 3.13. The van der Waals surface area contributed by atoms with Crippen molar-refractivity contribution in [2.24, 2.45) is 12.5 Å². The maximum atomic E-state index is 4.51. The van der Waals surface area contributed by atoms with E-state index in [-0.39, 0.29) is 0 Å². The van der Waals surface area contributed by atoms with Crippen molar-refractivity contribution < 1.29 is 0 Å². The van der Waals surface area contributed by atoms with Crippen LogP contribution in [0.4, 0.5) is 0 Å². The number of fused-ring (bicyclic) bond motifs is 1. The van der Waals surface area contributed by atoms with Gasteiger partial charge < -0.3 is 5.32 Å². The summed E-state index contributed by atoms with van der Waals surface area (Å²) in [7, 11) is 1.94. The van der Waals surface area contributed by atoms with E-state index in [2.05, 4.69) is 28.4 Å². The standard InChI is InChI=1S/C15H22N4/c1-4-15(5-6-15)10-16-8-12-7-13-11(2)18-19(3)14(13)17-9-12/h7,9,16H,4-6,8,10H2,1-3H3. The van der Waals surface area contributed by atoms with Crippen LogP contribution in [0.25, 0.3) is 11.0 Å². The summed E-state index contributed by atoms with van der Waals surface area (Å²) in [6, 6.07) is 2.21. The Balaban J connectivity index is 1.69. The molecule has 2 aromatic heterocycles. The summed E-state index contributed by atoms with van der Waals surface area (Å²) >= 11 is 0. The molecule has 0 amide bonds. The van der Waals surface area contributed by atoms with Gasteiger partial charge in [0, 0.05) is 31.7 Å². The monoisotopic (exact) mass is 258 g/mol. The number of hydrogen-bond donors (Lipinski definition) is 1. The van der Waals surface area contributed by atoms with Crippen LogP contribution >= 0.6 is 0 Å². The number of pyridine rings is 1. The van der Waals surface area contributed by atoms with Crippen molar-refractivity contribution in [3.63, 3.8) is 0 Å². The van der Waals surface area contributed by atoms with E-state index in [1.165, 1.54) is 30.2 Å². The summed E-state index contributed by atoms with van der Waals surface area (Å²) in [6.45, 7) is 6.37. The zero-order valence-corrected chi connectivity index (χ0v) is 12.0. The predicted octanol–water partition coefficient (Wildman–Crippen LogP) is 2.56. The fourth-order valence-electron chi connectivity index (χ4n) is 2.75. The molecule has 1 fully saturated rings. The van der Waals surface area contributed by atoms with Gasteiger partial charge in [0.2, 0.25) is 0 Å². The van der Waals surface area contributed by atoms with Crippen LogP contribution in [-0.2, 0) is 13.6 Å². The molecule has 1 aliphatic carbocycles. The number of rotatable bonds is 5. The molecule has 102 valence electrons. The molecule has 1 aliphatic rings. The van der Waals surface area contributed by atoms with E-state index in [1.807, 2.05) is 24.9 Å². The third-order valence-electron chi connectivity index (χ3n) is 4.46. The lowest BCUT2D eigenvalue weighted by Crippen LogP contribution is -2.23. The van der Waals surface area contributed by atoms with E-state index in [4.69, 9.17) is 0 Å². The molecule has 0 spiro atoms. The van der Waals surface area contributed by atoms with Crippen molar-refractivity contribution in [3.05, 3.63) is 23.5 Å². The third kappa shape index (κ3) is 2.37. The normalized spacial score (nSPS) is 17.0. The van der Waals surface area contributed by atoms with E-state index in [9.17, 15) is 0 Å². The minimum absolute atomic E-state index is 0.599. The highest BCUT2D eigenvalue weighted by Gasteiger charge is 2.39. The summed E-state index contributed by atoms with van der Waals surface area (Å²) in [5.74, 6) is 0. The second kappa shape index (κ2) is 4.60. The minimum Gasteiger partial charge on any atom is -0.312 e. The molecule has 0 aromatic carbocycles. The first kappa shape index (κ1) is 12.6. The molecule has 4 nitrogen and oxygen atoms in total. The Morgan fingerprint density at radius 2 is 2.21 bits per heavy atom. The van der Waals surface area contributed by atoms with Crippen LogP contribution in [0.1, 0.15) is 37.4 Å². The van der Waals surface area contributed by atoms with Crippen molar-refractivity contribution in [2.45, 2.75) is 39.7 Å². The molecule has 0 atom stereocenters. The molecule has 1 N–H and O–H groups in total. The largest absolute Gasteiger partial charge is 0.312 e. The first-order valence-corrected chi connectivity index (χ1v) is 7.12. The van der Waals surface area contributed by atoms with Gasteiger partial charge in [-0.05, 0) is 43.2 Å². The molecule has 3 rings (SSSR count). The quantitative estimate of drug-likeness (QED) is 0.896. The van der Waals surface area contributed by atoms with Gasteiger partial charge in [-0.1, -0.05) is 6.92 Å². The summed E-state index contributed by atoms with van der Waals surface area (Å²) in [5, 5.41) is 9.15. The number of aryl methyl sites for hydroxylation is 2. The lowest BCUT2D eigenvalue weighted by atomic mass is 10.0. The van der Waals surface area contributed by atoms with Crippen LogP contribution in [0.2, 0.25) is 0 Å². The van der Waals surface area contributed by atoms with Gasteiger partial charge in [-0.3, -0.25) is 4.68 Å². The first-order chi connectivity index (χ1) is 9.13. The lowest BCUT2D eigenvalue weighted by Gasteiger charge is -2.13. The summed E-state index contributed by atoms with van der Waals surface area (Å²) < 4.78 is 1.85. The highest BCUT2D eigenvalue weighted by atomic mass is 15.3. The van der Waals surface area contributed by atoms with E-state index < -0.39 is 0 Å². The Kier molecular flexibility index (Phi) is 3.05. The van der Waals surface area contributed by atoms with Crippen molar-refractivity contribution in [2.75, 3.05) is 6.54 Å². The maximum Gasteiger partial charge on any atom is 0.157 e. The van der Waals surface area contributed by atoms with Gasteiger partial charge in [-0.2, -0.15) is 5.10 Å². The second-order valence-electron chi connectivity index (χ2n) is 5.88. The summed E-state index contributed by atoms with van der Waals surface area (Å²) in [5.41, 5.74) is 3.87. The van der Waals surface area contributed by atoms with Crippen LogP contribution in [-0.4, -0.2) is 21.3 Å². The van der Waals surface area contributed by atoms with Crippen molar-refractivity contribution in [3.8, 4) is 0 Å². The van der Waals surface area contributed by atoms with Crippen molar-refractivity contribution in [1.82, 2.24) is 20.1 Å². The van der Waals surface area contributed by atoms with Gasteiger partial charge in [0.25, 0.3) is 0 Å². The molecule has 0 bridgehead atoms. The highest BCUT2D eigenvalue weighted by molar-refractivity contribution is 5.78. The lowest BCUT2D eigenvalue weighted by molar-refractivity contribution is 0.443. The SMILES string of the molecule is CCC1(CNCc2cnc3c(c2)c(C)nn3C)CC1. The van der Waals surface area contributed by atoms with Gasteiger partial charge in [0.15, 0.2) is 5.65 Å². The fourth-order valence-corrected chi connectivity index (χ4v) is 2.75. The predicted molar refractivity (Wildman–Crippen MR) is 76.9 cm³/mol. The summed E-state index contributed by atoms with van der Waals surface area (Å²) in [6.07, 6.45) is 6.02. The number of nitrogens with zero attached hydrogens (tertiary/aromatic N) is 3. The Morgan fingerprint density at radius 1 is 1.42 bits per heavy atom. The average molecular weight is 258 g/mol. The molecule has 0 radical (unpaired) electrons. The Bertz CT molecular complexity index is 595. The molecule has 1 saturated carbocycles. The van der Waals surface area contributed by atoms with Crippen molar-refractivity contribution in [1.29, 1.82) is 0 Å². The Morgan fingerprint density at radius 3 is 2.89 bits per heavy atom. The molecule has 0 aliphatic heterocycles. The number of aromatic nitrogens is 3. The molecular formula is C15H22N4. The van der Waals surface area contributed by atoms with Crippen LogP contribution in [0.3, 0.4) is 0 Å². The van der Waals surface area contributed by atoms with E-state index in [0.29, 0.717) is 5.41 Å².